The number of aryl methyl sites for hydroxylation is 1. The van der Waals surface area contributed by atoms with Gasteiger partial charge in [-0.25, -0.2) is 4.79 Å². The van der Waals surface area contributed by atoms with Gasteiger partial charge in [0.15, 0.2) is 0 Å². The first kappa shape index (κ1) is 10.5. The van der Waals surface area contributed by atoms with Gasteiger partial charge in [-0.1, -0.05) is 0 Å². The minimum atomic E-state index is -0.541. The molecule has 0 unspecified atom stereocenters. The van der Waals surface area contributed by atoms with Crippen LogP contribution in [0.5, 0.6) is 0 Å². The van der Waals surface area contributed by atoms with Crippen LogP contribution in [-0.4, -0.2) is 9.97 Å². The summed E-state index contributed by atoms with van der Waals surface area (Å²) in [5, 5.41) is 0. The Morgan fingerprint density at radius 1 is 1.36 bits per heavy atom. The third-order valence-corrected chi connectivity index (χ3v) is 1.18. The number of anilines is 1. The molecule has 0 saturated carbocycles. The Morgan fingerprint density at radius 2 is 1.91 bits per heavy atom. The van der Waals surface area contributed by atoms with Gasteiger partial charge in [-0.3, -0.25) is 9.78 Å². The van der Waals surface area contributed by atoms with Crippen LogP contribution in [0.4, 0.5) is 5.69 Å². The Kier molecular flexibility index (Phi) is 3.57. The van der Waals surface area contributed by atoms with Crippen molar-refractivity contribution in [1.82, 2.24) is 9.97 Å². The summed E-state index contributed by atoms with van der Waals surface area (Å²) in [5.41, 5.74) is 4.62. The van der Waals surface area contributed by atoms with E-state index in [9.17, 15) is 9.59 Å². The summed E-state index contributed by atoms with van der Waals surface area (Å²) in [6.07, 6.45) is 0. The third kappa shape index (κ3) is 2.21. The molecule has 6 heteroatoms. The summed E-state index contributed by atoms with van der Waals surface area (Å²) in [4.78, 5) is 25.5. The molecule has 4 N–H and O–H groups in total. The molecule has 0 fully saturated rings. The van der Waals surface area contributed by atoms with Gasteiger partial charge in [0.25, 0.3) is 5.56 Å². The van der Waals surface area contributed by atoms with Crippen molar-refractivity contribution in [1.29, 1.82) is 0 Å². The quantitative estimate of drug-likeness (QED) is 0.343. The van der Waals surface area contributed by atoms with Gasteiger partial charge in [-0.2, -0.15) is 0 Å². The molecule has 0 aromatic carbocycles. The smallest absolute Gasteiger partial charge is 1.00 e. The number of hydrogen-bond donors (Lipinski definition) is 3. The molecule has 0 radical (unpaired) electrons. The number of aromatic nitrogens is 2. The summed E-state index contributed by atoms with van der Waals surface area (Å²) in [6.45, 7) is 1.56. The molecule has 0 amide bonds. The van der Waals surface area contributed by atoms with Crippen molar-refractivity contribution in [2.24, 2.45) is 0 Å². The van der Waals surface area contributed by atoms with Crippen LogP contribution in [0.3, 0.4) is 0 Å². The molecule has 1 aromatic rings. The minimum absolute atomic E-state index is 0. The predicted octanol–water partition coefficient (Wildman–Crippen LogP) is -3.93. The standard InChI is InChI=1S/C5H7N3O2.Na.H/c1-2-3(6)4(9)8-5(10)7-2;;/h6H2,1H3,(H2,7,8,9,10);;/q;+1;-1. The maximum Gasteiger partial charge on any atom is 1.00 e. The Balaban J connectivity index is 0. The van der Waals surface area contributed by atoms with Gasteiger partial charge in [0.05, 0.1) is 0 Å². The number of aromatic amines is 2. The van der Waals surface area contributed by atoms with E-state index in [1.165, 1.54) is 0 Å². The zero-order chi connectivity index (χ0) is 7.72. The van der Waals surface area contributed by atoms with Gasteiger partial charge in [0, 0.05) is 5.69 Å². The van der Waals surface area contributed by atoms with E-state index in [-0.39, 0.29) is 36.7 Å². The van der Waals surface area contributed by atoms with Crippen LogP contribution < -0.4 is 46.5 Å². The van der Waals surface area contributed by atoms with Crippen LogP contribution in [0.15, 0.2) is 9.59 Å². The molecule has 0 aliphatic carbocycles. The molecule has 0 aliphatic rings. The average Bonchev–Trinajstić information content (AvgIpc) is 1.82. The van der Waals surface area contributed by atoms with Gasteiger partial charge in [-0.05, 0) is 6.92 Å². The van der Waals surface area contributed by atoms with Crippen LogP contribution in [0.2, 0.25) is 0 Å². The first-order valence-electron chi connectivity index (χ1n) is 2.70. The SMILES string of the molecule is Cc1[nH]c(=O)[nH]c(=O)c1N.[H-].[Na+]. The number of nitrogens with one attached hydrogen (secondary N) is 2. The van der Waals surface area contributed by atoms with Crippen LogP contribution in [0, 0.1) is 6.92 Å². The Morgan fingerprint density at radius 3 is 2.36 bits per heavy atom. The van der Waals surface area contributed by atoms with Crippen LogP contribution >= 0.6 is 0 Å². The van der Waals surface area contributed by atoms with Crippen LogP contribution in [0.1, 0.15) is 7.12 Å². The molecular weight excluding hydrogens is 157 g/mol. The van der Waals surface area contributed by atoms with E-state index in [1.54, 1.807) is 6.92 Å². The molecule has 1 rings (SSSR count). The van der Waals surface area contributed by atoms with Gasteiger partial charge < -0.3 is 12.1 Å². The zero-order valence-electron chi connectivity index (χ0n) is 7.39. The molecule has 0 bridgehead atoms. The second kappa shape index (κ2) is 3.75. The molecule has 0 atom stereocenters. The van der Waals surface area contributed by atoms with E-state index in [0.717, 1.165) is 0 Å². The summed E-state index contributed by atoms with van der Waals surface area (Å²) in [5.74, 6) is 0. The van der Waals surface area contributed by atoms with Gasteiger partial charge in [0.1, 0.15) is 5.69 Å². The number of nitrogens with two attached hydrogens (primary N) is 1. The van der Waals surface area contributed by atoms with E-state index in [4.69, 9.17) is 5.73 Å². The topological polar surface area (TPSA) is 91.7 Å². The van der Waals surface area contributed by atoms with Crippen LogP contribution in [-0.2, 0) is 0 Å². The van der Waals surface area contributed by atoms with E-state index < -0.39 is 11.2 Å². The number of hydrogen-bond acceptors (Lipinski definition) is 3. The van der Waals surface area contributed by atoms with Crippen molar-refractivity contribution in [2.45, 2.75) is 6.92 Å². The summed E-state index contributed by atoms with van der Waals surface area (Å²) < 4.78 is 0. The van der Waals surface area contributed by atoms with Crippen molar-refractivity contribution in [3.8, 4) is 0 Å². The normalized spacial score (nSPS) is 8.82. The molecule has 11 heavy (non-hydrogen) atoms. The number of H-pyrrole nitrogens is 2. The van der Waals surface area contributed by atoms with E-state index >= 15 is 0 Å². The Bertz CT molecular complexity index is 358. The van der Waals surface area contributed by atoms with Crippen molar-refractivity contribution in [3.05, 3.63) is 26.5 Å². The van der Waals surface area contributed by atoms with E-state index in [0.29, 0.717) is 5.69 Å². The van der Waals surface area contributed by atoms with Crippen molar-refractivity contribution in [3.63, 3.8) is 0 Å². The molecule has 0 saturated heterocycles. The average molecular weight is 165 g/mol. The minimum Gasteiger partial charge on any atom is -1.00 e. The van der Waals surface area contributed by atoms with Gasteiger partial charge >= 0.3 is 35.2 Å². The zero-order valence-corrected chi connectivity index (χ0v) is 8.39. The molecular formula is C5H8N3NaO2. The van der Waals surface area contributed by atoms with Crippen molar-refractivity contribution >= 4 is 5.69 Å². The monoisotopic (exact) mass is 165 g/mol. The largest absolute Gasteiger partial charge is 1.00 e. The summed E-state index contributed by atoms with van der Waals surface area (Å²) in [7, 11) is 0. The molecule has 5 nitrogen and oxygen atoms in total. The maximum atomic E-state index is 10.7. The molecule has 0 aliphatic heterocycles. The fourth-order valence-electron chi connectivity index (χ4n) is 0.610. The number of nitrogen functional groups attached to an aromatic ring is 1. The Labute approximate surface area is 85.8 Å². The van der Waals surface area contributed by atoms with E-state index in [1.807, 2.05) is 4.98 Å². The Hall–Kier alpha value is -0.520. The summed E-state index contributed by atoms with van der Waals surface area (Å²) >= 11 is 0. The van der Waals surface area contributed by atoms with Gasteiger partial charge in [0.2, 0.25) is 0 Å². The molecule has 1 aromatic heterocycles. The molecule has 1 heterocycles. The van der Waals surface area contributed by atoms with Crippen molar-refractivity contribution in [2.75, 3.05) is 5.73 Å². The first-order chi connectivity index (χ1) is 4.61. The fraction of sp³-hybridized carbons (Fsp3) is 0.200. The van der Waals surface area contributed by atoms with E-state index in [2.05, 4.69) is 4.98 Å². The predicted molar refractivity (Wildman–Crippen MR) is 37.9 cm³/mol. The number of rotatable bonds is 0. The fourth-order valence-corrected chi connectivity index (χ4v) is 0.610. The second-order valence-corrected chi connectivity index (χ2v) is 1.95. The second-order valence-electron chi connectivity index (χ2n) is 1.95. The molecule has 0 spiro atoms. The third-order valence-electron chi connectivity index (χ3n) is 1.18. The van der Waals surface area contributed by atoms with Gasteiger partial charge in [-0.15, -0.1) is 0 Å². The van der Waals surface area contributed by atoms with Crippen molar-refractivity contribution < 1.29 is 31.0 Å². The summed E-state index contributed by atoms with van der Waals surface area (Å²) in [6, 6.07) is 0. The molecule has 56 valence electrons. The van der Waals surface area contributed by atoms with Crippen LogP contribution in [0.25, 0.3) is 0 Å². The first-order valence-corrected chi connectivity index (χ1v) is 2.70. The maximum absolute atomic E-state index is 10.7.